The second-order valence-corrected chi connectivity index (χ2v) is 21.6. The molecule has 0 bridgehead atoms. The number of rotatable bonds is 16. The molecule has 12 aromatic heterocycles. The molecule has 104 heavy (non-hydrogen) atoms. The molecule has 0 saturated heterocycles. The van der Waals surface area contributed by atoms with Gasteiger partial charge in [0.1, 0.15) is 34.9 Å². The maximum Gasteiger partial charge on any atom is 0.320 e. The lowest BCUT2D eigenvalue weighted by Gasteiger charge is -2.06. The first-order valence-electron chi connectivity index (χ1n) is 30.2. The number of nitrogens with two attached hydrogens (primary N) is 4. The highest BCUT2D eigenvalue weighted by molar-refractivity contribution is 5.70. The van der Waals surface area contributed by atoms with Crippen molar-refractivity contribution in [1.82, 2.24) is 118 Å². The molecule has 0 aliphatic rings. The van der Waals surface area contributed by atoms with Gasteiger partial charge in [-0.2, -0.15) is 110 Å². The molecule has 0 aliphatic heterocycles. The standard InChI is InChI=1S/C31H25N21O.C31H23N19O/c1-15-19(14-32)27(49(45-15)20-10-6-8-12-36-20)43-41-22-16(2)47-51(25(22)33)29-38-30(40-31(53)39-29)52-26(34)23(17(3)48-52)42-44-28-24(35-5)18(4)46-50(28)21-11-7-9-13-37-21;1-17-23(41-43-27-19(13-32)15-36-47(27)21-9-5-3-6-10-21)25(34)49(45-17)29-38-30(40-31(51)39-29)50-26(35)24(18(2)46-50)42-44-28-20(14-33)16-37-48(28)22-11-7-4-8-12-22/h6-13H,33-34H2,1-4H3,(H,38,39,40,53);3-12,15-16H,34-35H2,1-2H3,(H,38,39,40,51). The number of pyridine rings is 2. The summed E-state index contributed by atoms with van der Waals surface area (Å²) >= 11 is 0. The van der Waals surface area contributed by atoms with Crippen LogP contribution in [0.15, 0.2) is 163 Å². The van der Waals surface area contributed by atoms with Crippen molar-refractivity contribution in [3.8, 4) is 77.0 Å². The number of hydrogen-bond acceptors (Lipinski definition) is 33. The van der Waals surface area contributed by atoms with Crippen molar-refractivity contribution in [3.05, 3.63) is 184 Å². The fourth-order valence-corrected chi connectivity index (χ4v) is 10.0. The lowest BCUT2D eigenvalue weighted by atomic mass is 10.3. The van der Waals surface area contributed by atoms with Gasteiger partial charge < -0.3 is 33.1 Å². The van der Waals surface area contributed by atoms with E-state index in [9.17, 15) is 26.0 Å². The predicted octanol–water partition coefficient (Wildman–Crippen LogP) is 9.44. The molecule has 0 spiro atoms. The van der Waals surface area contributed by atoms with Gasteiger partial charge in [0, 0.05) is 12.4 Å². The first kappa shape index (κ1) is 66.2. The number of hydrogen-bond donors (Lipinski definition) is 6. The third kappa shape index (κ3) is 12.5. The van der Waals surface area contributed by atoms with Crippen LogP contribution in [0.25, 0.3) is 51.6 Å². The number of nitriles is 3. The van der Waals surface area contributed by atoms with E-state index < -0.39 is 12.0 Å². The quantitative estimate of drug-likeness (QED) is 0.0387. The maximum absolute atomic E-state index is 10.6. The molecule has 14 aromatic rings. The molecule has 10 N–H and O–H groups in total. The number of aromatic nitrogens is 24. The normalized spacial score (nSPS) is 11.4. The van der Waals surface area contributed by atoms with E-state index >= 15 is 0 Å². The van der Waals surface area contributed by atoms with Crippen LogP contribution >= 0.6 is 0 Å². The second kappa shape index (κ2) is 27.6. The summed E-state index contributed by atoms with van der Waals surface area (Å²) in [6.07, 6.45) is 5.94. The van der Waals surface area contributed by atoms with Crippen LogP contribution in [0.3, 0.4) is 0 Å². The highest BCUT2D eigenvalue weighted by Gasteiger charge is 2.27. The van der Waals surface area contributed by atoms with Crippen LogP contribution in [0, 0.1) is 82.1 Å². The van der Waals surface area contributed by atoms with Crippen molar-refractivity contribution >= 4 is 75.0 Å². The van der Waals surface area contributed by atoms with Crippen molar-refractivity contribution in [1.29, 1.82) is 15.8 Å². The number of anilines is 4. The van der Waals surface area contributed by atoms with Crippen LogP contribution < -0.4 is 22.9 Å². The molecule has 42 nitrogen and oxygen atoms in total. The minimum absolute atomic E-state index is 0.0282. The molecule has 12 heterocycles. The topological polar surface area (TPSA) is 565 Å². The molecule has 42 heteroatoms. The lowest BCUT2D eigenvalue weighted by molar-refractivity contribution is 0.422. The molecule has 2 aromatic carbocycles. The van der Waals surface area contributed by atoms with Crippen molar-refractivity contribution in [2.24, 2.45) is 40.9 Å². The molecule has 14 rings (SSSR count). The molecule has 508 valence electrons. The van der Waals surface area contributed by atoms with E-state index in [-0.39, 0.29) is 115 Å². The minimum atomic E-state index is -0.693. The SMILES string of the molecule is Cc1nn(-c2nc(O)nc(-n3nc(C)c(N=Nc4c(C#N)cnn4-c4ccccc4)c3N)n2)c(N)c1N=Nc1c(C#N)cnn1-c1ccccc1.[C-]#[N+]c1c(C)nn(-c2ccccn2)c1N=Nc1c(C)nn(-c2nc(O)nc(-n3nc(C)c(N=Nc4c(C#N)c(C)nn4-c4ccccn4)c3N)n2)c1N. The molecule has 0 aliphatic carbocycles. The highest BCUT2D eigenvalue weighted by atomic mass is 16.3. The average molecular weight is 1390 g/mol. The number of azo groups is 4. The molecule has 0 amide bonds. The van der Waals surface area contributed by atoms with E-state index in [0.29, 0.717) is 57.2 Å². The Morgan fingerprint density at radius 3 is 1.07 bits per heavy atom. The summed E-state index contributed by atoms with van der Waals surface area (Å²) in [5.74, 6) is 0.581. The smallest absolute Gasteiger partial charge is 0.320 e. The van der Waals surface area contributed by atoms with E-state index in [1.165, 1.54) is 31.1 Å². The van der Waals surface area contributed by atoms with Crippen molar-refractivity contribution in [3.63, 3.8) is 0 Å². The van der Waals surface area contributed by atoms with Gasteiger partial charge in [-0.15, -0.1) is 40.9 Å². The zero-order valence-corrected chi connectivity index (χ0v) is 54.9. The number of nitrogen functional groups attached to an aromatic ring is 4. The Hall–Kier alpha value is -16.4. The van der Waals surface area contributed by atoms with E-state index in [1.807, 2.05) is 60.7 Å². The maximum atomic E-state index is 10.6. The Bertz CT molecular complexity index is 5600. The third-order valence-corrected chi connectivity index (χ3v) is 14.9. The Kier molecular flexibility index (Phi) is 17.6. The van der Waals surface area contributed by atoms with Gasteiger partial charge in [-0.1, -0.05) is 48.5 Å². The molecule has 0 atom stereocenters. The second-order valence-electron chi connectivity index (χ2n) is 21.6. The van der Waals surface area contributed by atoms with Crippen molar-refractivity contribution in [2.75, 3.05) is 22.9 Å². The zero-order chi connectivity index (χ0) is 73.0. The summed E-state index contributed by atoms with van der Waals surface area (Å²) in [7, 11) is 0. The molecular weight excluding hydrogens is 1340 g/mol. The lowest BCUT2D eigenvalue weighted by Crippen LogP contribution is -2.13. The van der Waals surface area contributed by atoms with Gasteiger partial charge in [0.25, 0.3) is 29.5 Å². The first-order valence-corrected chi connectivity index (χ1v) is 30.2. The summed E-state index contributed by atoms with van der Waals surface area (Å²) in [5.41, 5.74) is 30.7. The number of aryl methyl sites for hydroxylation is 6. The fourth-order valence-electron chi connectivity index (χ4n) is 10.0. The van der Waals surface area contributed by atoms with Crippen LogP contribution in [-0.2, 0) is 0 Å². The molecule has 0 fully saturated rings. The Labute approximate surface area is 583 Å². The monoisotopic (exact) mass is 1380 g/mol. The zero-order valence-electron chi connectivity index (χ0n) is 54.9. The van der Waals surface area contributed by atoms with E-state index in [0.717, 1.165) is 18.7 Å². The molecule has 0 unspecified atom stereocenters. The largest absolute Gasteiger partial charge is 0.479 e. The summed E-state index contributed by atoms with van der Waals surface area (Å²) in [6.45, 7) is 17.5. The van der Waals surface area contributed by atoms with Crippen LogP contribution in [0.5, 0.6) is 12.0 Å². The fraction of sp³-hybridized carbons (Fsp3) is 0.0968. The molecule has 0 saturated carbocycles. The number of nitrogens with zero attached hydrogens (tertiary/aromatic N) is 36. The summed E-state index contributed by atoms with van der Waals surface area (Å²) in [4.78, 5) is 36.9. The number of benzene rings is 2. The van der Waals surface area contributed by atoms with E-state index in [4.69, 9.17) is 29.5 Å². The number of para-hydroxylation sites is 2. The summed E-state index contributed by atoms with van der Waals surface area (Å²) in [5, 5.41) is 119. The van der Waals surface area contributed by atoms with E-state index in [1.54, 1.807) is 90.3 Å². The van der Waals surface area contributed by atoms with Crippen molar-refractivity contribution in [2.45, 2.75) is 41.5 Å². The predicted molar refractivity (Wildman–Crippen MR) is 365 cm³/mol. The highest BCUT2D eigenvalue weighted by Crippen LogP contribution is 2.39. The van der Waals surface area contributed by atoms with Crippen LogP contribution in [0.2, 0.25) is 0 Å². The van der Waals surface area contributed by atoms with Gasteiger partial charge in [0.05, 0.1) is 64.5 Å². The molecular formula is C62H48N40O2. The summed E-state index contributed by atoms with van der Waals surface area (Å²) < 4.78 is 10.3. The van der Waals surface area contributed by atoms with Gasteiger partial charge in [0.15, 0.2) is 80.9 Å². The number of aromatic hydroxyl groups is 2. The molecule has 0 radical (unpaired) electrons. The first-order chi connectivity index (χ1) is 50.4. The van der Waals surface area contributed by atoms with Crippen molar-refractivity contribution < 1.29 is 10.2 Å². The van der Waals surface area contributed by atoms with Gasteiger partial charge in [-0.25, -0.2) is 28.9 Å². The van der Waals surface area contributed by atoms with Crippen LogP contribution in [0.4, 0.5) is 75.0 Å². The minimum Gasteiger partial charge on any atom is -0.479 e. The Morgan fingerprint density at radius 2 is 0.721 bits per heavy atom. The van der Waals surface area contributed by atoms with Crippen LogP contribution in [-0.4, -0.2) is 128 Å². The van der Waals surface area contributed by atoms with Gasteiger partial charge in [-0.05, 0) is 90.1 Å². The van der Waals surface area contributed by atoms with Gasteiger partial charge in [0.2, 0.25) is 0 Å². The third-order valence-electron chi connectivity index (χ3n) is 14.9. The Morgan fingerprint density at radius 1 is 0.385 bits per heavy atom. The van der Waals surface area contributed by atoms with Crippen LogP contribution in [0.1, 0.15) is 50.9 Å². The summed E-state index contributed by atoms with van der Waals surface area (Å²) in [6, 6.07) is 33.5. The van der Waals surface area contributed by atoms with E-state index in [2.05, 4.69) is 145 Å². The van der Waals surface area contributed by atoms with Gasteiger partial charge >= 0.3 is 12.0 Å². The van der Waals surface area contributed by atoms with Gasteiger partial charge in [-0.3, -0.25) is 0 Å². The average Bonchev–Trinajstić information content (AvgIpc) is 0.909. The Balaban J connectivity index is 0.000000185.